The Morgan fingerprint density at radius 2 is 1.71 bits per heavy atom. The van der Waals surface area contributed by atoms with Gasteiger partial charge < -0.3 is 5.32 Å². The highest BCUT2D eigenvalue weighted by Gasteiger charge is 2.14. The predicted octanol–water partition coefficient (Wildman–Crippen LogP) is 3.86. The van der Waals surface area contributed by atoms with Crippen LogP contribution >= 0.6 is 23.2 Å². The molecule has 0 saturated heterocycles. The van der Waals surface area contributed by atoms with Crippen molar-refractivity contribution in [2.45, 2.75) is 13.0 Å². The average Bonchev–Trinajstić information content (AvgIpc) is 2.48. The lowest BCUT2D eigenvalue weighted by Gasteiger charge is -2.15. The first kappa shape index (κ1) is 18.6. The quantitative estimate of drug-likeness (QED) is 0.818. The second kappa shape index (κ2) is 7.42. The van der Waals surface area contributed by atoms with E-state index in [1.54, 1.807) is 12.1 Å². The number of benzene rings is 2. The van der Waals surface area contributed by atoms with Crippen LogP contribution in [0, 0.1) is 0 Å². The number of rotatable bonds is 5. The second-order valence-corrected chi connectivity index (χ2v) is 7.91. The minimum Gasteiger partial charge on any atom is -0.346 e. The smallest absolute Gasteiger partial charge is 0.251 e. The molecule has 1 atom stereocenters. The standard InChI is InChI=1S/C16H16Cl2N2O3S/c1-10(11-3-6-13(17)7-4-11)19-16(21)12-5-8-14(18)15(9-12)20-24(2,22)23/h3-10,20H,1-2H3,(H,19,21). The van der Waals surface area contributed by atoms with Crippen molar-refractivity contribution in [1.82, 2.24) is 5.32 Å². The molecule has 2 aromatic rings. The summed E-state index contributed by atoms with van der Waals surface area (Å²) in [6.45, 7) is 1.84. The van der Waals surface area contributed by atoms with Gasteiger partial charge in [-0.05, 0) is 42.8 Å². The lowest BCUT2D eigenvalue weighted by atomic mass is 10.1. The fourth-order valence-electron chi connectivity index (χ4n) is 2.06. The van der Waals surface area contributed by atoms with Crippen LogP contribution in [0.2, 0.25) is 10.0 Å². The summed E-state index contributed by atoms with van der Waals surface area (Å²) in [7, 11) is -3.49. The summed E-state index contributed by atoms with van der Waals surface area (Å²) < 4.78 is 25.0. The first-order chi connectivity index (χ1) is 11.2. The minimum atomic E-state index is -3.49. The van der Waals surface area contributed by atoms with Crippen molar-refractivity contribution >= 4 is 44.8 Å². The number of halogens is 2. The Morgan fingerprint density at radius 3 is 2.29 bits per heavy atom. The van der Waals surface area contributed by atoms with Gasteiger partial charge in [0.05, 0.1) is 23.0 Å². The maximum Gasteiger partial charge on any atom is 0.251 e. The molecule has 8 heteroatoms. The highest BCUT2D eigenvalue weighted by atomic mass is 35.5. The Labute approximate surface area is 151 Å². The summed E-state index contributed by atoms with van der Waals surface area (Å²) in [5.41, 5.74) is 1.36. The Bertz CT molecular complexity index is 852. The number of anilines is 1. The van der Waals surface area contributed by atoms with Crippen LogP contribution in [0.1, 0.15) is 28.9 Å². The predicted molar refractivity (Wildman–Crippen MR) is 97.3 cm³/mol. The molecule has 0 bridgehead atoms. The molecule has 1 amide bonds. The van der Waals surface area contributed by atoms with Gasteiger partial charge >= 0.3 is 0 Å². The maximum absolute atomic E-state index is 12.4. The van der Waals surface area contributed by atoms with Crippen molar-refractivity contribution in [1.29, 1.82) is 0 Å². The van der Waals surface area contributed by atoms with Gasteiger partial charge in [0, 0.05) is 10.6 Å². The van der Waals surface area contributed by atoms with Crippen LogP contribution in [0.4, 0.5) is 5.69 Å². The molecule has 24 heavy (non-hydrogen) atoms. The zero-order valence-electron chi connectivity index (χ0n) is 13.0. The van der Waals surface area contributed by atoms with Gasteiger partial charge in [-0.2, -0.15) is 0 Å². The number of nitrogens with one attached hydrogen (secondary N) is 2. The summed E-state index contributed by atoms with van der Waals surface area (Å²) in [6.07, 6.45) is 1.01. The Morgan fingerprint density at radius 1 is 1.08 bits per heavy atom. The largest absolute Gasteiger partial charge is 0.346 e. The molecule has 0 aliphatic rings. The Kier molecular flexibility index (Phi) is 5.74. The van der Waals surface area contributed by atoms with Gasteiger partial charge in [-0.25, -0.2) is 8.42 Å². The first-order valence-corrected chi connectivity index (χ1v) is 9.64. The molecule has 0 aliphatic carbocycles. The third-order valence-corrected chi connectivity index (χ3v) is 4.41. The lowest BCUT2D eigenvalue weighted by Crippen LogP contribution is -2.26. The van der Waals surface area contributed by atoms with Crippen molar-refractivity contribution in [2.24, 2.45) is 0 Å². The van der Waals surface area contributed by atoms with Crippen LogP contribution < -0.4 is 10.0 Å². The maximum atomic E-state index is 12.4. The molecule has 0 heterocycles. The first-order valence-electron chi connectivity index (χ1n) is 6.99. The van der Waals surface area contributed by atoms with Gasteiger partial charge in [-0.1, -0.05) is 35.3 Å². The minimum absolute atomic E-state index is 0.158. The summed E-state index contributed by atoms with van der Waals surface area (Å²) in [6, 6.07) is 11.3. The number of carbonyl (C=O) groups is 1. The zero-order chi connectivity index (χ0) is 17.9. The van der Waals surface area contributed by atoms with E-state index in [1.165, 1.54) is 18.2 Å². The number of hydrogen-bond donors (Lipinski definition) is 2. The summed E-state index contributed by atoms with van der Waals surface area (Å²) >= 11 is 11.8. The number of carbonyl (C=O) groups excluding carboxylic acids is 1. The topological polar surface area (TPSA) is 75.3 Å². The molecule has 2 rings (SSSR count). The van der Waals surface area contributed by atoms with Crippen LogP contribution in [0.15, 0.2) is 42.5 Å². The fourth-order valence-corrected chi connectivity index (χ4v) is 2.97. The van der Waals surface area contributed by atoms with E-state index >= 15 is 0 Å². The molecular formula is C16H16Cl2N2O3S. The molecule has 1 unspecified atom stereocenters. The fraction of sp³-hybridized carbons (Fsp3) is 0.188. The van der Waals surface area contributed by atoms with Crippen LogP contribution in [0.5, 0.6) is 0 Å². The van der Waals surface area contributed by atoms with E-state index in [-0.39, 0.29) is 22.7 Å². The third kappa shape index (κ3) is 5.12. The van der Waals surface area contributed by atoms with E-state index < -0.39 is 10.0 Å². The van der Waals surface area contributed by atoms with E-state index in [1.807, 2.05) is 19.1 Å². The van der Waals surface area contributed by atoms with Crippen LogP contribution in [-0.2, 0) is 10.0 Å². The molecule has 2 aromatic carbocycles. The van der Waals surface area contributed by atoms with E-state index in [4.69, 9.17) is 23.2 Å². The van der Waals surface area contributed by atoms with Gasteiger partial charge in [0.2, 0.25) is 10.0 Å². The monoisotopic (exact) mass is 386 g/mol. The highest BCUT2D eigenvalue weighted by molar-refractivity contribution is 7.92. The SMILES string of the molecule is CC(NC(=O)c1ccc(Cl)c(NS(C)(=O)=O)c1)c1ccc(Cl)cc1. The molecule has 0 aromatic heterocycles. The third-order valence-electron chi connectivity index (χ3n) is 3.24. The number of sulfonamides is 1. The summed E-state index contributed by atoms with van der Waals surface area (Å²) in [5, 5.41) is 3.67. The van der Waals surface area contributed by atoms with E-state index in [0.29, 0.717) is 10.6 Å². The van der Waals surface area contributed by atoms with E-state index in [2.05, 4.69) is 10.0 Å². The van der Waals surface area contributed by atoms with Crippen molar-refractivity contribution in [2.75, 3.05) is 11.0 Å². The molecule has 2 N–H and O–H groups in total. The number of amides is 1. The van der Waals surface area contributed by atoms with Crippen molar-refractivity contribution in [3.05, 3.63) is 63.6 Å². The Balaban J connectivity index is 2.17. The molecule has 0 spiro atoms. The van der Waals surface area contributed by atoms with Gasteiger partial charge in [0.25, 0.3) is 5.91 Å². The van der Waals surface area contributed by atoms with Crippen molar-refractivity contribution < 1.29 is 13.2 Å². The van der Waals surface area contributed by atoms with Crippen LogP contribution in [0.25, 0.3) is 0 Å². The molecule has 5 nitrogen and oxygen atoms in total. The summed E-state index contributed by atoms with van der Waals surface area (Å²) in [5.74, 6) is -0.342. The van der Waals surface area contributed by atoms with Crippen LogP contribution in [-0.4, -0.2) is 20.6 Å². The van der Waals surface area contributed by atoms with Gasteiger partial charge in [0.15, 0.2) is 0 Å². The average molecular weight is 387 g/mol. The van der Waals surface area contributed by atoms with E-state index in [0.717, 1.165) is 11.8 Å². The Hall–Kier alpha value is -1.76. The van der Waals surface area contributed by atoms with Gasteiger partial charge in [-0.3, -0.25) is 9.52 Å². The van der Waals surface area contributed by atoms with Crippen molar-refractivity contribution in [3.8, 4) is 0 Å². The molecule has 0 fully saturated rings. The van der Waals surface area contributed by atoms with Gasteiger partial charge in [0.1, 0.15) is 0 Å². The van der Waals surface area contributed by atoms with Gasteiger partial charge in [-0.15, -0.1) is 0 Å². The molecule has 0 saturated carbocycles. The molecule has 0 radical (unpaired) electrons. The zero-order valence-corrected chi connectivity index (χ0v) is 15.3. The summed E-state index contributed by atoms with van der Waals surface area (Å²) in [4.78, 5) is 12.4. The highest BCUT2D eigenvalue weighted by Crippen LogP contribution is 2.24. The molecule has 0 aliphatic heterocycles. The number of hydrogen-bond acceptors (Lipinski definition) is 3. The van der Waals surface area contributed by atoms with Crippen molar-refractivity contribution in [3.63, 3.8) is 0 Å². The molecular weight excluding hydrogens is 371 g/mol. The van der Waals surface area contributed by atoms with Crippen LogP contribution in [0.3, 0.4) is 0 Å². The van der Waals surface area contributed by atoms with E-state index in [9.17, 15) is 13.2 Å². The normalized spacial score (nSPS) is 12.5. The molecule has 128 valence electrons. The lowest BCUT2D eigenvalue weighted by molar-refractivity contribution is 0.0940. The second-order valence-electron chi connectivity index (χ2n) is 5.32.